The number of likely N-dealkylation sites (tertiary alicyclic amines) is 1. The molecule has 3 heteroatoms. The molecule has 0 amide bonds. The third kappa shape index (κ3) is 2.35. The maximum absolute atomic E-state index is 9.40. The fourth-order valence-electron chi connectivity index (χ4n) is 1.96. The van der Waals surface area contributed by atoms with Gasteiger partial charge in [0.25, 0.3) is 0 Å². The molecule has 1 unspecified atom stereocenters. The smallest absolute Gasteiger partial charge is 0.0995 e. The molecular formula is C12H14N2O. The van der Waals surface area contributed by atoms with Crippen LogP contribution in [0.25, 0.3) is 0 Å². The lowest BCUT2D eigenvalue weighted by Crippen LogP contribution is -2.21. The van der Waals surface area contributed by atoms with Crippen LogP contribution in [-0.4, -0.2) is 29.2 Å². The van der Waals surface area contributed by atoms with Crippen LogP contribution < -0.4 is 0 Å². The standard InChI is InChI=1S/C12H14N2O/c13-7-10-3-1-2-4-11(10)8-14-6-5-12(15)9-14/h1-4,12,15H,5-6,8-9H2. The molecule has 78 valence electrons. The molecule has 0 saturated carbocycles. The first kappa shape index (κ1) is 10.2. The van der Waals surface area contributed by atoms with Gasteiger partial charge in [0.1, 0.15) is 0 Å². The molecule has 0 radical (unpaired) electrons. The van der Waals surface area contributed by atoms with Crippen LogP contribution in [0, 0.1) is 11.3 Å². The number of nitriles is 1. The Balaban J connectivity index is 2.08. The summed E-state index contributed by atoms with van der Waals surface area (Å²) in [5.41, 5.74) is 1.79. The van der Waals surface area contributed by atoms with E-state index in [1.54, 1.807) is 0 Å². The number of benzene rings is 1. The zero-order chi connectivity index (χ0) is 10.7. The van der Waals surface area contributed by atoms with E-state index in [4.69, 9.17) is 5.26 Å². The van der Waals surface area contributed by atoms with E-state index in [9.17, 15) is 5.11 Å². The zero-order valence-electron chi connectivity index (χ0n) is 8.56. The van der Waals surface area contributed by atoms with E-state index < -0.39 is 0 Å². The molecule has 0 aromatic heterocycles. The van der Waals surface area contributed by atoms with Gasteiger partial charge in [-0.1, -0.05) is 18.2 Å². The average Bonchev–Trinajstić information content (AvgIpc) is 2.65. The van der Waals surface area contributed by atoms with Crippen LogP contribution >= 0.6 is 0 Å². The fraction of sp³-hybridized carbons (Fsp3) is 0.417. The summed E-state index contributed by atoms with van der Waals surface area (Å²) < 4.78 is 0. The summed E-state index contributed by atoms with van der Waals surface area (Å²) in [5.74, 6) is 0. The van der Waals surface area contributed by atoms with E-state index in [1.807, 2.05) is 24.3 Å². The highest BCUT2D eigenvalue weighted by Crippen LogP contribution is 2.15. The third-order valence-electron chi connectivity index (χ3n) is 2.78. The summed E-state index contributed by atoms with van der Waals surface area (Å²) in [7, 11) is 0. The second-order valence-corrected chi connectivity index (χ2v) is 3.95. The van der Waals surface area contributed by atoms with Gasteiger partial charge < -0.3 is 5.11 Å². The van der Waals surface area contributed by atoms with Gasteiger partial charge in [-0.3, -0.25) is 4.90 Å². The van der Waals surface area contributed by atoms with Crippen molar-refractivity contribution in [2.45, 2.75) is 19.1 Å². The number of rotatable bonds is 2. The van der Waals surface area contributed by atoms with Crippen molar-refractivity contribution in [2.75, 3.05) is 13.1 Å². The lowest BCUT2D eigenvalue weighted by molar-refractivity contribution is 0.175. The average molecular weight is 202 g/mol. The van der Waals surface area contributed by atoms with Gasteiger partial charge >= 0.3 is 0 Å². The Hall–Kier alpha value is -1.37. The molecule has 0 aliphatic carbocycles. The third-order valence-corrected chi connectivity index (χ3v) is 2.78. The molecule has 15 heavy (non-hydrogen) atoms. The minimum Gasteiger partial charge on any atom is -0.392 e. The predicted octanol–water partition coefficient (Wildman–Crippen LogP) is 1.12. The number of aliphatic hydroxyl groups excluding tert-OH is 1. The minimum absolute atomic E-state index is 0.195. The lowest BCUT2D eigenvalue weighted by Gasteiger charge is -2.15. The molecule has 1 aliphatic rings. The highest BCUT2D eigenvalue weighted by molar-refractivity contribution is 5.37. The second-order valence-electron chi connectivity index (χ2n) is 3.95. The van der Waals surface area contributed by atoms with Crippen LogP contribution in [0.15, 0.2) is 24.3 Å². The largest absolute Gasteiger partial charge is 0.392 e. The number of hydrogen-bond donors (Lipinski definition) is 1. The number of hydrogen-bond acceptors (Lipinski definition) is 3. The topological polar surface area (TPSA) is 47.3 Å². The summed E-state index contributed by atoms with van der Waals surface area (Å²) in [4.78, 5) is 2.18. The lowest BCUT2D eigenvalue weighted by atomic mass is 10.1. The highest BCUT2D eigenvalue weighted by atomic mass is 16.3. The second kappa shape index (κ2) is 4.43. The molecular weight excluding hydrogens is 188 g/mol. The molecule has 1 aromatic rings. The van der Waals surface area contributed by atoms with Crippen LogP contribution in [-0.2, 0) is 6.54 Å². The molecule has 0 spiro atoms. The van der Waals surface area contributed by atoms with Crippen LogP contribution in [0.2, 0.25) is 0 Å². The number of β-amino-alcohol motifs (C(OH)–C–C–N with tert-alkyl or cyclic N) is 1. The normalized spacial score (nSPS) is 21.5. The molecule has 0 bridgehead atoms. The molecule has 1 atom stereocenters. The van der Waals surface area contributed by atoms with Crippen molar-refractivity contribution in [3.63, 3.8) is 0 Å². The predicted molar refractivity (Wildman–Crippen MR) is 57.1 cm³/mol. The van der Waals surface area contributed by atoms with E-state index >= 15 is 0 Å². The summed E-state index contributed by atoms with van der Waals surface area (Å²) in [6.45, 7) is 2.40. The summed E-state index contributed by atoms with van der Waals surface area (Å²) >= 11 is 0. The molecule has 1 heterocycles. The monoisotopic (exact) mass is 202 g/mol. The van der Waals surface area contributed by atoms with Gasteiger partial charge in [-0.2, -0.15) is 5.26 Å². The Morgan fingerprint density at radius 3 is 2.93 bits per heavy atom. The molecule has 3 nitrogen and oxygen atoms in total. The van der Waals surface area contributed by atoms with Crippen LogP contribution in [0.5, 0.6) is 0 Å². The van der Waals surface area contributed by atoms with Crippen molar-refractivity contribution >= 4 is 0 Å². The fourth-order valence-corrected chi connectivity index (χ4v) is 1.96. The number of nitrogens with zero attached hydrogens (tertiary/aromatic N) is 2. The zero-order valence-corrected chi connectivity index (χ0v) is 8.56. The van der Waals surface area contributed by atoms with E-state index in [0.29, 0.717) is 0 Å². The van der Waals surface area contributed by atoms with E-state index in [1.165, 1.54) is 0 Å². The Kier molecular flexibility index (Phi) is 3.00. The number of aliphatic hydroxyl groups is 1. The highest BCUT2D eigenvalue weighted by Gasteiger charge is 2.20. The SMILES string of the molecule is N#Cc1ccccc1CN1CCC(O)C1. The van der Waals surface area contributed by atoms with Crippen molar-refractivity contribution < 1.29 is 5.11 Å². The maximum Gasteiger partial charge on any atom is 0.0995 e. The minimum atomic E-state index is -0.195. The molecule has 1 fully saturated rings. The Labute approximate surface area is 89.6 Å². The van der Waals surface area contributed by atoms with Crippen LogP contribution in [0.3, 0.4) is 0 Å². The summed E-state index contributed by atoms with van der Waals surface area (Å²) in [6.07, 6.45) is 0.647. The van der Waals surface area contributed by atoms with Gasteiger partial charge in [0.2, 0.25) is 0 Å². The van der Waals surface area contributed by atoms with Crippen molar-refractivity contribution in [2.24, 2.45) is 0 Å². The van der Waals surface area contributed by atoms with Gasteiger partial charge in [-0.05, 0) is 18.1 Å². The van der Waals surface area contributed by atoms with Crippen molar-refractivity contribution in [3.05, 3.63) is 35.4 Å². The van der Waals surface area contributed by atoms with Gasteiger partial charge in [0, 0.05) is 19.6 Å². The van der Waals surface area contributed by atoms with Crippen LogP contribution in [0.4, 0.5) is 0 Å². The Morgan fingerprint density at radius 1 is 1.47 bits per heavy atom. The first-order chi connectivity index (χ1) is 7.29. The van der Waals surface area contributed by atoms with Crippen molar-refractivity contribution in [3.8, 4) is 6.07 Å². The quantitative estimate of drug-likeness (QED) is 0.782. The molecule has 1 saturated heterocycles. The van der Waals surface area contributed by atoms with E-state index in [0.717, 1.165) is 37.2 Å². The van der Waals surface area contributed by atoms with Gasteiger partial charge in [0.05, 0.1) is 17.7 Å². The van der Waals surface area contributed by atoms with E-state index in [-0.39, 0.29) is 6.10 Å². The van der Waals surface area contributed by atoms with E-state index in [2.05, 4.69) is 11.0 Å². The molecule has 1 aliphatic heterocycles. The summed E-state index contributed by atoms with van der Waals surface area (Å²) in [6, 6.07) is 9.83. The maximum atomic E-state index is 9.40. The molecule has 1 N–H and O–H groups in total. The summed E-state index contributed by atoms with van der Waals surface area (Å²) in [5, 5.41) is 18.3. The molecule has 2 rings (SSSR count). The van der Waals surface area contributed by atoms with Crippen molar-refractivity contribution in [1.82, 2.24) is 4.90 Å². The first-order valence-electron chi connectivity index (χ1n) is 5.18. The van der Waals surface area contributed by atoms with Gasteiger partial charge in [-0.25, -0.2) is 0 Å². The Morgan fingerprint density at radius 2 is 2.27 bits per heavy atom. The van der Waals surface area contributed by atoms with Crippen molar-refractivity contribution in [1.29, 1.82) is 5.26 Å². The Bertz CT molecular complexity index is 383. The molecule has 1 aromatic carbocycles. The first-order valence-corrected chi connectivity index (χ1v) is 5.18. The van der Waals surface area contributed by atoms with Crippen LogP contribution in [0.1, 0.15) is 17.5 Å². The van der Waals surface area contributed by atoms with Gasteiger partial charge in [0.15, 0.2) is 0 Å². The van der Waals surface area contributed by atoms with Gasteiger partial charge in [-0.15, -0.1) is 0 Å².